The predicted molar refractivity (Wildman–Crippen MR) is 79.5 cm³/mol. The molecule has 3 nitrogen and oxygen atoms in total. The van der Waals surface area contributed by atoms with Gasteiger partial charge in [0.05, 0.1) is 12.2 Å². The summed E-state index contributed by atoms with van der Waals surface area (Å²) in [4.78, 5) is 0. The van der Waals surface area contributed by atoms with E-state index in [4.69, 9.17) is 11.6 Å². The van der Waals surface area contributed by atoms with E-state index in [2.05, 4.69) is 23.4 Å². The fourth-order valence-corrected chi connectivity index (χ4v) is 2.41. The highest BCUT2D eigenvalue weighted by Crippen LogP contribution is 2.30. The monoisotopic (exact) mass is 277 g/mol. The number of hydrogen-bond donors (Lipinski definition) is 1. The SMILES string of the molecule is CCCNC(c1cnn(C)c1)c1cccc(C)c1Cl. The van der Waals surface area contributed by atoms with Crippen molar-refractivity contribution in [3.05, 3.63) is 52.3 Å². The van der Waals surface area contributed by atoms with Crippen molar-refractivity contribution in [2.75, 3.05) is 6.54 Å². The third-order valence-electron chi connectivity index (χ3n) is 3.19. The van der Waals surface area contributed by atoms with Crippen LogP contribution in [-0.2, 0) is 7.05 Å². The zero-order chi connectivity index (χ0) is 13.8. The molecule has 0 aliphatic carbocycles. The van der Waals surface area contributed by atoms with Crippen LogP contribution in [0.5, 0.6) is 0 Å². The Labute approximate surface area is 119 Å². The Hall–Kier alpha value is -1.32. The molecule has 1 aromatic carbocycles. The standard InChI is InChI=1S/C15H20ClN3/c1-4-8-17-15(12-9-18-19(3)10-12)13-7-5-6-11(2)14(13)16/h5-7,9-10,15,17H,4,8H2,1-3H3. The van der Waals surface area contributed by atoms with Crippen LogP contribution < -0.4 is 5.32 Å². The van der Waals surface area contributed by atoms with E-state index in [0.717, 1.165) is 34.7 Å². The van der Waals surface area contributed by atoms with Crippen molar-refractivity contribution < 1.29 is 0 Å². The minimum atomic E-state index is 0.0982. The molecule has 2 aromatic rings. The maximum atomic E-state index is 6.46. The summed E-state index contributed by atoms with van der Waals surface area (Å²) >= 11 is 6.46. The van der Waals surface area contributed by atoms with Gasteiger partial charge in [-0.05, 0) is 31.0 Å². The fourth-order valence-electron chi connectivity index (χ4n) is 2.18. The number of halogens is 1. The second-order valence-electron chi connectivity index (χ2n) is 4.81. The third kappa shape index (κ3) is 3.17. The first-order chi connectivity index (χ1) is 9.13. The lowest BCUT2D eigenvalue weighted by molar-refractivity contribution is 0.598. The van der Waals surface area contributed by atoms with Crippen molar-refractivity contribution in [1.82, 2.24) is 15.1 Å². The smallest absolute Gasteiger partial charge is 0.0622 e. The average molecular weight is 278 g/mol. The number of rotatable bonds is 5. The Morgan fingerprint density at radius 2 is 2.21 bits per heavy atom. The molecule has 1 atom stereocenters. The van der Waals surface area contributed by atoms with E-state index in [1.165, 1.54) is 0 Å². The number of nitrogens with one attached hydrogen (secondary N) is 1. The summed E-state index contributed by atoms with van der Waals surface area (Å²) < 4.78 is 1.82. The van der Waals surface area contributed by atoms with Crippen molar-refractivity contribution >= 4 is 11.6 Å². The number of nitrogens with zero attached hydrogens (tertiary/aromatic N) is 2. The molecular weight excluding hydrogens is 258 g/mol. The van der Waals surface area contributed by atoms with Gasteiger partial charge in [-0.25, -0.2) is 0 Å². The van der Waals surface area contributed by atoms with Crippen LogP contribution in [0.15, 0.2) is 30.6 Å². The predicted octanol–water partition coefficient (Wildman–Crippen LogP) is 3.47. The molecule has 1 N–H and O–H groups in total. The van der Waals surface area contributed by atoms with Crippen LogP contribution in [-0.4, -0.2) is 16.3 Å². The molecule has 4 heteroatoms. The minimum absolute atomic E-state index is 0.0982. The molecule has 0 aliphatic heterocycles. The van der Waals surface area contributed by atoms with Gasteiger partial charge in [0, 0.05) is 23.8 Å². The Kier molecular flexibility index (Phi) is 4.61. The maximum Gasteiger partial charge on any atom is 0.0622 e. The van der Waals surface area contributed by atoms with E-state index in [1.807, 2.05) is 43.2 Å². The van der Waals surface area contributed by atoms with E-state index < -0.39 is 0 Å². The summed E-state index contributed by atoms with van der Waals surface area (Å²) in [6.45, 7) is 5.14. The first-order valence-electron chi connectivity index (χ1n) is 6.60. The molecule has 2 rings (SSSR count). The highest BCUT2D eigenvalue weighted by atomic mass is 35.5. The van der Waals surface area contributed by atoms with Crippen LogP contribution in [0.3, 0.4) is 0 Å². The quantitative estimate of drug-likeness (QED) is 0.907. The minimum Gasteiger partial charge on any atom is -0.306 e. The summed E-state index contributed by atoms with van der Waals surface area (Å²) in [6.07, 6.45) is 5.01. The Bertz CT molecular complexity index is 548. The van der Waals surface area contributed by atoms with Crippen LogP contribution in [0.4, 0.5) is 0 Å². The largest absolute Gasteiger partial charge is 0.306 e. The van der Waals surface area contributed by atoms with E-state index in [0.29, 0.717) is 0 Å². The highest BCUT2D eigenvalue weighted by molar-refractivity contribution is 6.32. The van der Waals surface area contributed by atoms with Crippen molar-refractivity contribution in [3.63, 3.8) is 0 Å². The number of hydrogen-bond acceptors (Lipinski definition) is 2. The first-order valence-corrected chi connectivity index (χ1v) is 6.98. The van der Waals surface area contributed by atoms with Crippen LogP contribution >= 0.6 is 11.6 Å². The highest BCUT2D eigenvalue weighted by Gasteiger charge is 2.18. The molecule has 102 valence electrons. The molecule has 0 saturated heterocycles. The van der Waals surface area contributed by atoms with E-state index >= 15 is 0 Å². The summed E-state index contributed by atoms with van der Waals surface area (Å²) in [7, 11) is 1.93. The Balaban J connectivity index is 2.39. The van der Waals surface area contributed by atoms with Gasteiger partial charge in [0.25, 0.3) is 0 Å². The summed E-state index contributed by atoms with van der Waals surface area (Å²) in [5, 5.41) is 8.64. The van der Waals surface area contributed by atoms with Crippen molar-refractivity contribution in [3.8, 4) is 0 Å². The topological polar surface area (TPSA) is 29.9 Å². The zero-order valence-electron chi connectivity index (χ0n) is 11.7. The number of aryl methyl sites for hydroxylation is 2. The van der Waals surface area contributed by atoms with Crippen LogP contribution in [0.2, 0.25) is 5.02 Å². The van der Waals surface area contributed by atoms with Crippen molar-refractivity contribution in [2.45, 2.75) is 26.3 Å². The molecule has 0 fully saturated rings. The second kappa shape index (κ2) is 6.22. The number of benzene rings is 1. The van der Waals surface area contributed by atoms with Gasteiger partial charge in [-0.2, -0.15) is 5.10 Å². The zero-order valence-corrected chi connectivity index (χ0v) is 12.4. The molecule has 0 radical (unpaired) electrons. The van der Waals surface area contributed by atoms with E-state index in [1.54, 1.807) is 0 Å². The normalized spacial score (nSPS) is 12.6. The number of aromatic nitrogens is 2. The van der Waals surface area contributed by atoms with Gasteiger partial charge in [0.15, 0.2) is 0 Å². The van der Waals surface area contributed by atoms with Gasteiger partial charge >= 0.3 is 0 Å². The molecule has 0 amide bonds. The molecule has 1 unspecified atom stereocenters. The second-order valence-corrected chi connectivity index (χ2v) is 5.19. The van der Waals surface area contributed by atoms with Crippen LogP contribution in [0, 0.1) is 6.92 Å². The molecule has 0 aliphatic rings. The summed E-state index contributed by atoms with van der Waals surface area (Å²) in [5.74, 6) is 0. The van der Waals surface area contributed by atoms with E-state index in [-0.39, 0.29) is 6.04 Å². The lowest BCUT2D eigenvalue weighted by atomic mass is 9.99. The molecule has 19 heavy (non-hydrogen) atoms. The van der Waals surface area contributed by atoms with Gasteiger partial charge in [-0.1, -0.05) is 36.7 Å². The summed E-state index contributed by atoms with van der Waals surface area (Å²) in [6, 6.07) is 6.26. The average Bonchev–Trinajstić information content (AvgIpc) is 2.81. The van der Waals surface area contributed by atoms with Crippen molar-refractivity contribution in [1.29, 1.82) is 0 Å². The molecule has 1 aromatic heterocycles. The fraction of sp³-hybridized carbons (Fsp3) is 0.400. The maximum absolute atomic E-state index is 6.46. The van der Waals surface area contributed by atoms with Crippen molar-refractivity contribution in [2.24, 2.45) is 7.05 Å². The van der Waals surface area contributed by atoms with Gasteiger partial charge in [-0.15, -0.1) is 0 Å². The van der Waals surface area contributed by atoms with Gasteiger partial charge in [-0.3, -0.25) is 4.68 Å². The molecule has 1 heterocycles. The van der Waals surface area contributed by atoms with Gasteiger partial charge < -0.3 is 5.32 Å². The summed E-state index contributed by atoms with van der Waals surface area (Å²) in [5.41, 5.74) is 3.36. The van der Waals surface area contributed by atoms with E-state index in [9.17, 15) is 0 Å². The van der Waals surface area contributed by atoms with Crippen LogP contribution in [0.25, 0.3) is 0 Å². The third-order valence-corrected chi connectivity index (χ3v) is 3.71. The Morgan fingerprint density at radius 1 is 1.42 bits per heavy atom. The lowest BCUT2D eigenvalue weighted by Crippen LogP contribution is -2.23. The Morgan fingerprint density at radius 3 is 2.84 bits per heavy atom. The molecule has 0 spiro atoms. The van der Waals surface area contributed by atoms with Gasteiger partial charge in [0.2, 0.25) is 0 Å². The lowest BCUT2D eigenvalue weighted by Gasteiger charge is -2.19. The molecule has 0 bridgehead atoms. The first kappa shape index (κ1) is 14.1. The molecular formula is C15H20ClN3. The van der Waals surface area contributed by atoms with Gasteiger partial charge in [0.1, 0.15) is 0 Å². The van der Waals surface area contributed by atoms with Crippen LogP contribution in [0.1, 0.15) is 36.1 Å². The molecule has 0 saturated carbocycles.